The molecule has 0 atom stereocenters. The molecule has 0 aromatic heterocycles. The van der Waals surface area contributed by atoms with Crippen LogP contribution in [0.5, 0.6) is 11.5 Å². The number of hydrogen-bond donors (Lipinski definition) is 0. The fraction of sp³-hybridized carbons (Fsp3) is 0.125. The van der Waals surface area contributed by atoms with Crippen LogP contribution in [0.25, 0.3) is 0 Å². The average Bonchev–Trinajstić information content (AvgIpc) is 2.54. The highest BCUT2D eigenvalue weighted by Crippen LogP contribution is 2.36. The average molecular weight is 384 g/mol. The molecule has 2 rings (SSSR count). The number of ether oxygens (including phenoxy) is 1. The Morgan fingerprint density at radius 3 is 2.65 bits per heavy atom. The van der Waals surface area contributed by atoms with E-state index in [4.69, 9.17) is 10.00 Å². The number of carbonyl (C=O) groups excluding carboxylic acids is 1. The van der Waals surface area contributed by atoms with Crippen LogP contribution >= 0.6 is 15.9 Å². The summed E-state index contributed by atoms with van der Waals surface area (Å²) < 4.78 is 45.6. The van der Waals surface area contributed by atoms with E-state index in [1.165, 1.54) is 18.2 Å². The second kappa shape index (κ2) is 7.29. The Labute approximate surface area is 138 Å². The minimum atomic E-state index is -2.79. The Morgan fingerprint density at radius 2 is 2.04 bits per heavy atom. The van der Waals surface area contributed by atoms with Crippen LogP contribution in [-0.2, 0) is 11.2 Å². The molecule has 0 unspecified atom stereocenters. The molecule has 118 valence electrons. The van der Waals surface area contributed by atoms with Gasteiger partial charge in [-0.1, -0.05) is 6.07 Å². The Kier molecular flexibility index (Phi) is 5.40. The first-order chi connectivity index (χ1) is 11.0. The number of carbonyl (C=O) groups is 1. The van der Waals surface area contributed by atoms with Crippen LogP contribution in [-0.4, -0.2) is 6.29 Å². The molecule has 2 aromatic carbocycles. The summed E-state index contributed by atoms with van der Waals surface area (Å²) in [7, 11) is 0. The number of hydrogen-bond acceptors (Lipinski definition) is 3. The molecule has 0 aliphatic rings. The lowest BCUT2D eigenvalue weighted by Gasteiger charge is -2.12. The first kappa shape index (κ1) is 17.0. The van der Waals surface area contributed by atoms with E-state index in [-0.39, 0.29) is 33.5 Å². The maximum Gasteiger partial charge on any atom is 0.264 e. The van der Waals surface area contributed by atoms with Crippen LogP contribution < -0.4 is 4.74 Å². The number of rotatable bonds is 5. The monoisotopic (exact) mass is 383 g/mol. The topological polar surface area (TPSA) is 50.1 Å². The van der Waals surface area contributed by atoms with Gasteiger partial charge in [0.25, 0.3) is 6.43 Å². The molecule has 0 heterocycles. The van der Waals surface area contributed by atoms with E-state index in [1.54, 1.807) is 6.07 Å². The fourth-order valence-corrected chi connectivity index (χ4v) is 2.29. The van der Waals surface area contributed by atoms with E-state index in [0.717, 1.165) is 12.1 Å². The lowest BCUT2D eigenvalue weighted by Crippen LogP contribution is -1.98. The summed E-state index contributed by atoms with van der Waals surface area (Å²) in [5.41, 5.74) is -0.318. The van der Waals surface area contributed by atoms with Gasteiger partial charge in [0, 0.05) is 12.0 Å². The summed E-state index contributed by atoms with van der Waals surface area (Å²) in [6.07, 6.45) is -2.39. The van der Waals surface area contributed by atoms with Crippen molar-refractivity contribution >= 4 is 22.2 Å². The van der Waals surface area contributed by atoms with Gasteiger partial charge in [0.1, 0.15) is 12.0 Å². The maximum atomic E-state index is 14.3. The minimum absolute atomic E-state index is 0.0293. The van der Waals surface area contributed by atoms with Gasteiger partial charge in [-0.15, -0.1) is 0 Å². The van der Waals surface area contributed by atoms with Crippen molar-refractivity contribution in [3.05, 3.63) is 57.3 Å². The highest BCUT2D eigenvalue weighted by Gasteiger charge is 2.16. The van der Waals surface area contributed by atoms with Gasteiger partial charge >= 0.3 is 0 Å². The van der Waals surface area contributed by atoms with Gasteiger partial charge in [-0.3, -0.25) is 0 Å². The highest BCUT2D eigenvalue weighted by atomic mass is 79.9. The molecule has 0 saturated heterocycles. The SMILES string of the molecule is N#Cc1cc(Oc2c(Br)ccc(CC=O)c2F)cc(C(F)F)c1. The van der Waals surface area contributed by atoms with Gasteiger partial charge in [0.15, 0.2) is 11.6 Å². The van der Waals surface area contributed by atoms with Gasteiger partial charge < -0.3 is 9.53 Å². The van der Waals surface area contributed by atoms with Crippen LogP contribution in [0.15, 0.2) is 34.8 Å². The Bertz CT molecular complexity index is 788. The van der Waals surface area contributed by atoms with E-state index in [0.29, 0.717) is 6.29 Å². The molecule has 0 radical (unpaired) electrons. The molecule has 0 aliphatic carbocycles. The zero-order chi connectivity index (χ0) is 17.0. The van der Waals surface area contributed by atoms with Crippen LogP contribution in [0.4, 0.5) is 13.2 Å². The smallest absolute Gasteiger partial charge is 0.264 e. The van der Waals surface area contributed by atoms with Crippen molar-refractivity contribution < 1.29 is 22.7 Å². The standard InChI is InChI=1S/C16H9BrF3NO2/c17-13-2-1-10(3-4-22)14(18)15(13)23-12-6-9(8-21)5-11(7-12)16(19)20/h1-2,4-7,16H,3H2. The number of nitriles is 1. The van der Waals surface area contributed by atoms with Gasteiger partial charge in [-0.2, -0.15) is 5.26 Å². The largest absolute Gasteiger partial charge is 0.453 e. The summed E-state index contributed by atoms with van der Waals surface area (Å²) in [5, 5.41) is 8.88. The van der Waals surface area contributed by atoms with E-state index < -0.39 is 17.8 Å². The van der Waals surface area contributed by atoms with Gasteiger partial charge in [-0.05, 0) is 45.8 Å². The maximum absolute atomic E-state index is 14.3. The third-order valence-corrected chi connectivity index (χ3v) is 3.59. The van der Waals surface area contributed by atoms with Crippen molar-refractivity contribution in [3.63, 3.8) is 0 Å². The lowest BCUT2D eigenvalue weighted by molar-refractivity contribution is -0.107. The third-order valence-electron chi connectivity index (χ3n) is 2.96. The molecule has 0 fully saturated rings. The van der Waals surface area contributed by atoms with Gasteiger partial charge in [0.05, 0.1) is 16.1 Å². The van der Waals surface area contributed by atoms with Crippen molar-refractivity contribution in [1.29, 1.82) is 5.26 Å². The van der Waals surface area contributed by atoms with E-state index >= 15 is 0 Å². The Balaban J connectivity index is 2.47. The van der Waals surface area contributed by atoms with Crippen LogP contribution in [0, 0.1) is 17.1 Å². The molecule has 2 aromatic rings. The first-order valence-corrected chi connectivity index (χ1v) is 7.17. The summed E-state index contributed by atoms with van der Waals surface area (Å²) in [5.74, 6) is -1.10. The zero-order valence-corrected chi connectivity index (χ0v) is 13.1. The summed E-state index contributed by atoms with van der Waals surface area (Å²) in [6, 6.07) is 7.93. The summed E-state index contributed by atoms with van der Waals surface area (Å²) >= 11 is 3.11. The molecule has 0 bridgehead atoms. The van der Waals surface area contributed by atoms with E-state index in [1.807, 2.05) is 0 Å². The molecular weight excluding hydrogens is 375 g/mol. The molecule has 23 heavy (non-hydrogen) atoms. The third kappa shape index (κ3) is 3.90. The second-order valence-electron chi connectivity index (χ2n) is 4.53. The van der Waals surface area contributed by atoms with Crippen molar-refractivity contribution in [2.75, 3.05) is 0 Å². The predicted molar refractivity (Wildman–Crippen MR) is 80.1 cm³/mol. The molecular formula is C16H9BrF3NO2. The Hall–Kier alpha value is -2.33. The quantitative estimate of drug-likeness (QED) is 0.687. The van der Waals surface area contributed by atoms with Crippen LogP contribution in [0.2, 0.25) is 0 Å². The molecule has 7 heteroatoms. The first-order valence-electron chi connectivity index (χ1n) is 6.38. The number of alkyl halides is 2. The normalized spacial score (nSPS) is 10.4. The van der Waals surface area contributed by atoms with Gasteiger partial charge in [-0.25, -0.2) is 13.2 Å². The van der Waals surface area contributed by atoms with Crippen molar-refractivity contribution in [2.45, 2.75) is 12.8 Å². The van der Waals surface area contributed by atoms with Crippen molar-refractivity contribution in [3.8, 4) is 17.6 Å². The number of nitrogens with zero attached hydrogens (tertiary/aromatic N) is 1. The molecule has 0 spiro atoms. The zero-order valence-electron chi connectivity index (χ0n) is 11.5. The Morgan fingerprint density at radius 1 is 1.30 bits per heavy atom. The molecule has 0 saturated carbocycles. The minimum Gasteiger partial charge on any atom is -0.453 e. The van der Waals surface area contributed by atoms with E-state index in [9.17, 15) is 18.0 Å². The van der Waals surface area contributed by atoms with Crippen molar-refractivity contribution in [2.24, 2.45) is 0 Å². The number of benzene rings is 2. The summed E-state index contributed by atoms with van der Waals surface area (Å²) in [6.45, 7) is 0. The van der Waals surface area contributed by atoms with Crippen molar-refractivity contribution in [1.82, 2.24) is 0 Å². The fourth-order valence-electron chi connectivity index (χ4n) is 1.90. The van der Waals surface area contributed by atoms with Crippen LogP contribution in [0.1, 0.15) is 23.1 Å². The predicted octanol–water partition coefficient (Wildman–Crippen LogP) is 4.93. The summed E-state index contributed by atoms with van der Waals surface area (Å²) in [4.78, 5) is 10.5. The molecule has 0 amide bonds. The molecule has 0 N–H and O–H groups in total. The highest BCUT2D eigenvalue weighted by molar-refractivity contribution is 9.10. The molecule has 0 aliphatic heterocycles. The number of halogens is 4. The van der Waals surface area contributed by atoms with E-state index in [2.05, 4.69) is 15.9 Å². The number of aldehydes is 1. The second-order valence-corrected chi connectivity index (χ2v) is 5.38. The van der Waals surface area contributed by atoms with Crippen LogP contribution in [0.3, 0.4) is 0 Å². The van der Waals surface area contributed by atoms with Gasteiger partial charge in [0.2, 0.25) is 0 Å². The molecule has 3 nitrogen and oxygen atoms in total. The lowest BCUT2D eigenvalue weighted by atomic mass is 10.1.